The summed E-state index contributed by atoms with van der Waals surface area (Å²) in [6.45, 7) is 6.67. The second-order valence-corrected chi connectivity index (χ2v) is 6.87. The van der Waals surface area contributed by atoms with E-state index >= 15 is 0 Å². The van der Waals surface area contributed by atoms with Crippen LogP contribution >= 0.6 is 0 Å². The van der Waals surface area contributed by atoms with Crippen molar-refractivity contribution in [3.63, 3.8) is 0 Å². The minimum Gasteiger partial charge on any atom is -0.306 e. The lowest BCUT2D eigenvalue weighted by Crippen LogP contribution is -2.26. The minimum atomic E-state index is -0.162. The van der Waals surface area contributed by atoms with E-state index in [9.17, 15) is 4.79 Å². The number of hydrogen-bond acceptors (Lipinski definition) is 2. The Morgan fingerprint density at radius 3 is 2.33 bits per heavy atom. The van der Waals surface area contributed by atoms with Gasteiger partial charge in [0.05, 0.1) is 11.0 Å². The van der Waals surface area contributed by atoms with Crippen LogP contribution in [-0.2, 0) is 0 Å². The van der Waals surface area contributed by atoms with Gasteiger partial charge in [0.1, 0.15) is 0 Å². The average molecular weight is 323 g/mol. The molecule has 0 radical (unpaired) electrons. The van der Waals surface area contributed by atoms with Gasteiger partial charge in [-0.2, -0.15) is 0 Å². The van der Waals surface area contributed by atoms with Gasteiger partial charge in [-0.25, -0.2) is 4.79 Å². The van der Waals surface area contributed by atoms with Gasteiger partial charge in [-0.1, -0.05) is 50.2 Å². The fraction of sp³-hybridized carbons (Fsp3) is 0.350. The summed E-state index contributed by atoms with van der Waals surface area (Å²) in [6.07, 6.45) is 1.08. The number of benzene rings is 2. The summed E-state index contributed by atoms with van der Waals surface area (Å²) in [5, 5.41) is 3.75. The fourth-order valence-electron chi connectivity index (χ4n) is 3.17. The molecule has 0 aliphatic rings. The van der Waals surface area contributed by atoms with Crippen LogP contribution in [0.4, 0.5) is 0 Å². The van der Waals surface area contributed by atoms with E-state index in [1.165, 1.54) is 11.1 Å². The van der Waals surface area contributed by atoms with Crippen molar-refractivity contribution in [3.05, 3.63) is 70.1 Å². The maximum absolute atomic E-state index is 11.4. The number of aromatic amines is 2. The predicted molar refractivity (Wildman–Crippen MR) is 99.1 cm³/mol. The van der Waals surface area contributed by atoms with E-state index < -0.39 is 0 Å². The van der Waals surface area contributed by atoms with Crippen molar-refractivity contribution in [1.82, 2.24) is 15.3 Å². The highest BCUT2D eigenvalue weighted by Gasteiger charge is 2.17. The number of imidazole rings is 1. The second-order valence-electron chi connectivity index (χ2n) is 6.87. The smallest absolute Gasteiger partial charge is 0.306 e. The molecule has 24 heavy (non-hydrogen) atoms. The highest BCUT2D eigenvalue weighted by Crippen LogP contribution is 2.26. The highest BCUT2D eigenvalue weighted by molar-refractivity contribution is 5.75. The molecule has 126 valence electrons. The van der Waals surface area contributed by atoms with Crippen LogP contribution in [0.5, 0.6) is 0 Å². The van der Waals surface area contributed by atoms with Crippen LogP contribution in [0.2, 0.25) is 0 Å². The Hall–Kier alpha value is -2.33. The third-order valence-corrected chi connectivity index (χ3v) is 4.40. The molecule has 1 aromatic heterocycles. The fourth-order valence-corrected chi connectivity index (χ4v) is 3.17. The molecule has 0 unspecified atom stereocenters. The molecule has 0 spiro atoms. The first kappa shape index (κ1) is 16.5. The lowest BCUT2D eigenvalue weighted by Gasteiger charge is -2.25. The van der Waals surface area contributed by atoms with E-state index in [-0.39, 0.29) is 11.7 Å². The summed E-state index contributed by atoms with van der Waals surface area (Å²) in [5.74, 6) is 0.610. The highest BCUT2D eigenvalue weighted by atomic mass is 16.1. The quantitative estimate of drug-likeness (QED) is 0.633. The maximum Gasteiger partial charge on any atom is 0.323 e. The van der Waals surface area contributed by atoms with Gasteiger partial charge in [0.2, 0.25) is 0 Å². The molecule has 3 aromatic rings. The molecule has 0 saturated carbocycles. The number of fused-ring (bicyclic) bond motifs is 1. The molecule has 1 heterocycles. The normalized spacial score (nSPS) is 14.2. The third kappa shape index (κ3) is 3.77. The number of aromatic nitrogens is 2. The van der Waals surface area contributed by atoms with Crippen molar-refractivity contribution < 1.29 is 0 Å². The van der Waals surface area contributed by atoms with Gasteiger partial charge in [-0.15, -0.1) is 0 Å². The zero-order valence-electron chi connectivity index (χ0n) is 14.5. The van der Waals surface area contributed by atoms with Gasteiger partial charge < -0.3 is 15.3 Å². The Bertz CT molecular complexity index is 848. The van der Waals surface area contributed by atoms with Crippen molar-refractivity contribution in [1.29, 1.82) is 0 Å². The number of nitrogens with one attached hydrogen (secondary N) is 3. The van der Waals surface area contributed by atoms with E-state index in [4.69, 9.17) is 0 Å². The predicted octanol–water partition coefficient (Wildman–Crippen LogP) is 4.29. The van der Waals surface area contributed by atoms with E-state index in [2.05, 4.69) is 72.5 Å². The van der Waals surface area contributed by atoms with Gasteiger partial charge in [0.25, 0.3) is 0 Å². The molecule has 0 aliphatic carbocycles. The first-order chi connectivity index (χ1) is 11.5. The van der Waals surface area contributed by atoms with Gasteiger partial charge in [0.15, 0.2) is 0 Å². The van der Waals surface area contributed by atoms with E-state index in [1.807, 2.05) is 12.1 Å². The lowest BCUT2D eigenvalue weighted by molar-refractivity contribution is 0.394. The Kier molecular flexibility index (Phi) is 4.86. The molecule has 0 bridgehead atoms. The first-order valence-corrected chi connectivity index (χ1v) is 8.56. The van der Waals surface area contributed by atoms with Crippen LogP contribution in [0.15, 0.2) is 53.3 Å². The summed E-state index contributed by atoms with van der Waals surface area (Å²) in [7, 11) is 0. The van der Waals surface area contributed by atoms with Crippen LogP contribution in [-0.4, -0.2) is 9.97 Å². The Labute approximate surface area is 142 Å². The summed E-state index contributed by atoms with van der Waals surface area (Å²) >= 11 is 0. The van der Waals surface area contributed by atoms with Crippen LogP contribution < -0.4 is 11.0 Å². The molecule has 4 nitrogen and oxygen atoms in total. The summed E-state index contributed by atoms with van der Waals surface area (Å²) in [4.78, 5) is 17.0. The minimum absolute atomic E-state index is 0.162. The molecule has 3 rings (SSSR count). The molecule has 3 N–H and O–H groups in total. The zero-order valence-corrected chi connectivity index (χ0v) is 14.5. The topological polar surface area (TPSA) is 60.7 Å². The molecule has 2 aromatic carbocycles. The molecular weight excluding hydrogens is 298 g/mol. The van der Waals surface area contributed by atoms with Crippen LogP contribution in [0.1, 0.15) is 50.4 Å². The van der Waals surface area contributed by atoms with Crippen molar-refractivity contribution in [2.24, 2.45) is 5.92 Å². The monoisotopic (exact) mass is 323 g/mol. The molecule has 0 fully saturated rings. The number of rotatable bonds is 6. The molecule has 2 atom stereocenters. The van der Waals surface area contributed by atoms with Crippen molar-refractivity contribution in [2.45, 2.75) is 39.3 Å². The Balaban J connectivity index is 1.83. The average Bonchev–Trinajstić information content (AvgIpc) is 2.93. The third-order valence-electron chi connectivity index (χ3n) is 4.40. The van der Waals surface area contributed by atoms with Gasteiger partial charge in [-0.05, 0) is 42.5 Å². The van der Waals surface area contributed by atoms with Gasteiger partial charge in [-0.3, -0.25) is 0 Å². The van der Waals surface area contributed by atoms with E-state index in [1.54, 1.807) is 0 Å². The summed E-state index contributed by atoms with van der Waals surface area (Å²) in [6, 6.07) is 17.2. The van der Waals surface area contributed by atoms with Crippen LogP contribution in [0.3, 0.4) is 0 Å². The lowest BCUT2D eigenvalue weighted by atomic mass is 9.95. The van der Waals surface area contributed by atoms with Crippen LogP contribution in [0, 0.1) is 5.92 Å². The standard InChI is InChI=1S/C20H25N3O/c1-13(2)11-18(15-7-5-4-6-8-15)21-14(3)16-9-10-17-19(12-16)23-20(24)22-17/h4-10,12-14,18,21H,11H2,1-3H3,(H2,22,23,24)/t14-,18-/m1/s1. The van der Waals surface area contributed by atoms with Crippen molar-refractivity contribution in [3.8, 4) is 0 Å². The largest absolute Gasteiger partial charge is 0.323 e. The first-order valence-electron chi connectivity index (χ1n) is 8.56. The molecule has 0 saturated heterocycles. The van der Waals surface area contributed by atoms with Gasteiger partial charge in [0, 0.05) is 12.1 Å². The Morgan fingerprint density at radius 1 is 0.917 bits per heavy atom. The molecular formula is C20H25N3O. The van der Waals surface area contributed by atoms with E-state index in [0.29, 0.717) is 12.0 Å². The molecule has 0 aliphatic heterocycles. The second kappa shape index (κ2) is 7.05. The van der Waals surface area contributed by atoms with Crippen LogP contribution in [0.25, 0.3) is 11.0 Å². The molecule has 0 amide bonds. The zero-order chi connectivity index (χ0) is 17.1. The van der Waals surface area contributed by atoms with Crippen molar-refractivity contribution >= 4 is 11.0 Å². The number of hydrogen-bond donors (Lipinski definition) is 3. The van der Waals surface area contributed by atoms with Crippen molar-refractivity contribution in [2.75, 3.05) is 0 Å². The maximum atomic E-state index is 11.4. The van der Waals surface area contributed by atoms with Gasteiger partial charge >= 0.3 is 5.69 Å². The molecule has 4 heteroatoms. The summed E-state index contributed by atoms with van der Waals surface area (Å²) in [5.41, 5.74) is 4.02. The summed E-state index contributed by atoms with van der Waals surface area (Å²) < 4.78 is 0. The van der Waals surface area contributed by atoms with E-state index in [0.717, 1.165) is 17.5 Å². The Morgan fingerprint density at radius 2 is 1.62 bits per heavy atom. The SMILES string of the molecule is CC(C)C[C@@H](N[C@H](C)c1ccc2[nH]c(=O)[nH]c2c1)c1ccccc1. The number of H-pyrrole nitrogens is 2.